The number of aliphatic hydroxyl groups is 4. The average Bonchev–Trinajstić information content (AvgIpc) is 3.17. The van der Waals surface area contributed by atoms with Gasteiger partial charge in [0.2, 0.25) is 0 Å². The predicted molar refractivity (Wildman–Crippen MR) is 135 cm³/mol. The molecule has 0 saturated heterocycles. The van der Waals surface area contributed by atoms with E-state index in [0.717, 1.165) is 37.7 Å². The molecule has 0 aromatic carbocycles. The first-order valence-corrected chi connectivity index (χ1v) is 13.2. The van der Waals surface area contributed by atoms with E-state index in [0.29, 0.717) is 11.8 Å². The molecule has 0 aliphatic heterocycles. The molecule has 4 N–H and O–H groups in total. The molecule has 0 spiro atoms. The van der Waals surface area contributed by atoms with Gasteiger partial charge in [-0.2, -0.15) is 0 Å². The summed E-state index contributed by atoms with van der Waals surface area (Å²) in [6.45, 7) is 5.29. The number of halogens is 1. The zero-order chi connectivity index (χ0) is 25.0. The second-order valence-electron chi connectivity index (χ2n) is 11.2. The lowest BCUT2D eigenvalue weighted by atomic mass is 9.63. The van der Waals surface area contributed by atoms with Crippen LogP contribution in [0.5, 0.6) is 0 Å². The number of hydrogen-bond acceptors (Lipinski definition) is 4. The molecule has 0 aromatic rings. The highest BCUT2D eigenvalue weighted by Gasteiger charge is 2.49. The number of fused-ring (bicyclic) bond motifs is 1. The highest BCUT2D eigenvalue weighted by molar-refractivity contribution is 5.27. The summed E-state index contributed by atoms with van der Waals surface area (Å²) in [5, 5.41) is 40.9. The van der Waals surface area contributed by atoms with E-state index in [9.17, 15) is 24.8 Å². The summed E-state index contributed by atoms with van der Waals surface area (Å²) in [5.74, 6) is 1.17. The van der Waals surface area contributed by atoms with Gasteiger partial charge in [0.15, 0.2) is 0 Å². The maximum Gasteiger partial charge on any atom is 0.145 e. The van der Waals surface area contributed by atoms with E-state index in [-0.39, 0.29) is 18.3 Å². The molecule has 0 radical (unpaired) electrons. The summed E-state index contributed by atoms with van der Waals surface area (Å²) >= 11 is 0. The normalized spacial score (nSPS) is 38.2. The van der Waals surface area contributed by atoms with Gasteiger partial charge in [0.1, 0.15) is 12.3 Å². The minimum atomic E-state index is -2.05. The van der Waals surface area contributed by atoms with Gasteiger partial charge in [-0.25, -0.2) is 4.39 Å². The van der Waals surface area contributed by atoms with Crippen LogP contribution in [0.4, 0.5) is 4.39 Å². The van der Waals surface area contributed by atoms with Crippen LogP contribution in [0, 0.1) is 17.3 Å². The predicted octanol–water partition coefficient (Wildman–Crippen LogP) is 5.33. The van der Waals surface area contributed by atoms with Gasteiger partial charge >= 0.3 is 0 Å². The molecule has 0 aromatic heterocycles. The van der Waals surface area contributed by atoms with Crippen LogP contribution in [0.25, 0.3) is 0 Å². The SMILES string of the molecule is CCC(O)(/C=C/C=C/CC1CCC2/C(=C/C=C3C[C@@H](O)C(O)(CF)[C@H](O)C3)CCCC12C)CC. The molecular formula is C29H45FO4. The number of rotatable bonds is 8. The first-order valence-electron chi connectivity index (χ1n) is 13.2. The highest BCUT2D eigenvalue weighted by Crippen LogP contribution is 2.58. The second kappa shape index (κ2) is 11.2. The molecule has 192 valence electrons. The maximum atomic E-state index is 13.2. The zero-order valence-corrected chi connectivity index (χ0v) is 21.2. The molecule has 4 nitrogen and oxygen atoms in total. The number of alkyl halides is 1. The van der Waals surface area contributed by atoms with Crippen molar-refractivity contribution in [3.8, 4) is 0 Å². The van der Waals surface area contributed by atoms with E-state index in [1.54, 1.807) is 0 Å². The lowest BCUT2D eigenvalue weighted by Crippen LogP contribution is -2.57. The summed E-state index contributed by atoms with van der Waals surface area (Å²) in [6.07, 6.45) is 18.5. The fraction of sp³-hybridized carbons (Fsp3) is 0.724. The zero-order valence-electron chi connectivity index (χ0n) is 21.2. The van der Waals surface area contributed by atoms with Crippen LogP contribution in [0.3, 0.4) is 0 Å². The minimum absolute atomic E-state index is 0.190. The van der Waals surface area contributed by atoms with Crippen LogP contribution in [-0.2, 0) is 0 Å². The quantitative estimate of drug-likeness (QED) is 0.357. The Kier molecular flexibility index (Phi) is 9.00. The molecule has 5 atom stereocenters. The molecule has 0 heterocycles. The largest absolute Gasteiger partial charge is 0.390 e. The molecule has 3 saturated carbocycles. The van der Waals surface area contributed by atoms with Crippen molar-refractivity contribution in [2.24, 2.45) is 17.3 Å². The minimum Gasteiger partial charge on any atom is -0.390 e. The Morgan fingerprint density at radius 3 is 2.35 bits per heavy atom. The van der Waals surface area contributed by atoms with Gasteiger partial charge in [0, 0.05) is 0 Å². The van der Waals surface area contributed by atoms with E-state index in [1.165, 1.54) is 24.8 Å². The Bertz CT molecular complexity index is 795. The second-order valence-corrected chi connectivity index (χ2v) is 11.2. The van der Waals surface area contributed by atoms with Crippen molar-refractivity contribution in [1.29, 1.82) is 0 Å². The third-order valence-corrected chi connectivity index (χ3v) is 9.27. The molecule has 3 aliphatic rings. The van der Waals surface area contributed by atoms with Gasteiger partial charge in [0.25, 0.3) is 0 Å². The third kappa shape index (κ3) is 5.59. The molecule has 3 fully saturated rings. The highest BCUT2D eigenvalue weighted by atomic mass is 19.1. The fourth-order valence-electron chi connectivity index (χ4n) is 6.47. The van der Waals surface area contributed by atoms with Gasteiger partial charge in [-0.05, 0) is 81.5 Å². The Morgan fingerprint density at radius 1 is 1.06 bits per heavy atom. The van der Waals surface area contributed by atoms with Crippen molar-refractivity contribution in [1.82, 2.24) is 0 Å². The summed E-state index contributed by atoms with van der Waals surface area (Å²) in [4.78, 5) is 0. The van der Waals surface area contributed by atoms with E-state index < -0.39 is 30.1 Å². The Labute approximate surface area is 205 Å². The maximum absolute atomic E-state index is 13.2. The molecule has 3 aliphatic carbocycles. The Hall–Kier alpha value is -1.27. The topological polar surface area (TPSA) is 80.9 Å². The van der Waals surface area contributed by atoms with Gasteiger partial charge in [-0.1, -0.05) is 68.4 Å². The van der Waals surface area contributed by atoms with E-state index in [2.05, 4.69) is 25.2 Å². The third-order valence-electron chi connectivity index (χ3n) is 9.27. The standard InChI is InChI=1S/C29H45FO4/c1-4-28(33,5-2)17-8-6-7-11-23-14-15-24-22(10-9-16-27(23,24)3)13-12-21-18-25(31)29(34,20-30)26(32)19-21/h6-8,12-13,17,23-26,31-34H,4-5,9-11,14-16,18-20H2,1-3H3/b7-6+,17-8+,21-12?,22-13+/t23?,24?,25-,26-,27?,29?/m1/s1. The summed E-state index contributed by atoms with van der Waals surface area (Å²) in [7, 11) is 0. The lowest BCUT2D eigenvalue weighted by Gasteiger charge is -2.42. The molecule has 3 unspecified atom stereocenters. The molecule has 3 rings (SSSR count). The lowest BCUT2D eigenvalue weighted by molar-refractivity contribution is -0.165. The monoisotopic (exact) mass is 476 g/mol. The van der Waals surface area contributed by atoms with Crippen LogP contribution < -0.4 is 0 Å². The van der Waals surface area contributed by atoms with Crippen molar-refractivity contribution in [3.63, 3.8) is 0 Å². The van der Waals surface area contributed by atoms with Crippen molar-refractivity contribution in [3.05, 3.63) is 47.6 Å². The van der Waals surface area contributed by atoms with Crippen LogP contribution in [0.15, 0.2) is 47.6 Å². The fourth-order valence-corrected chi connectivity index (χ4v) is 6.47. The van der Waals surface area contributed by atoms with Gasteiger partial charge < -0.3 is 20.4 Å². The average molecular weight is 477 g/mol. The number of allylic oxidation sites excluding steroid dienone is 6. The van der Waals surface area contributed by atoms with Crippen LogP contribution in [0.1, 0.15) is 85.0 Å². The number of hydrogen-bond donors (Lipinski definition) is 4. The van der Waals surface area contributed by atoms with Crippen molar-refractivity contribution in [2.75, 3.05) is 6.67 Å². The van der Waals surface area contributed by atoms with Gasteiger partial charge in [-0.3, -0.25) is 0 Å². The smallest absolute Gasteiger partial charge is 0.145 e. The first-order chi connectivity index (χ1) is 16.1. The Balaban J connectivity index is 1.65. The van der Waals surface area contributed by atoms with E-state index >= 15 is 0 Å². The molecule has 5 heteroatoms. The van der Waals surface area contributed by atoms with Crippen LogP contribution >= 0.6 is 0 Å². The van der Waals surface area contributed by atoms with Gasteiger partial charge in [-0.15, -0.1) is 0 Å². The van der Waals surface area contributed by atoms with Crippen molar-refractivity contribution in [2.45, 2.75) is 108 Å². The summed E-state index contributed by atoms with van der Waals surface area (Å²) in [5.41, 5.74) is -0.188. The van der Waals surface area contributed by atoms with E-state index in [1.807, 2.05) is 32.1 Å². The molecular weight excluding hydrogens is 431 g/mol. The van der Waals surface area contributed by atoms with Crippen LogP contribution in [-0.4, -0.2) is 50.5 Å². The summed E-state index contributed by atoms with van der Waals surface area (Å²) < 4.78 is 13.2. The van der Waals surface area contributed by atoms with Crippen LogP contribution in [0.2, 0.25) is 0 Å². The van der Waals surface area contributed by atoms with Crippen molar-refractivity contribution >= 4 is 0 Å². The Morgan fingerprint density at radius 2 is 1.74 bits per heavy atom. The van der Waals surface area contributed by atoms with Crippen molar-refractivity contribution < 1.29 is 24.8 Å². The van der Waals surface area contributed by atoms with E-state index in [4.69, 9.17) is 0 Å². The summed E-state index contributed by atoms with van der Waals surface area (Å²) in [6, 6.07) is 0. The molecule has 0 bridgehead atoms. The molecule has 0 amide bonds. The first kappa shape index (κ1) is 27.3. The molecule has 34 heavy (non-hydrogen) atoms. The number of aliphatic hydroxyl groups excluding tert-OH is 2. The van der Waals surface area contributed by atoms with Gasteiger partial charge in [0.05, 0.1) is 17.8 Å².